The van der Waals surface area contributed by atoms with Crippen LogP contribution in [0.3, 0.4) is 0 Å². The molecule has 2 N–H and O–H groups in total. The first-order valence-corrected chi connectivity index (χ1v) is 17.6. The molecule has 11 heteroatoms. The van der Waals surface area contributed by atoms with Crippen LogP contribution >= 0.6 is 0 Å². The summed E-state index contributed by atoms with van der Waals surface area (Å²) in [4.78, 5) is 58.4. The number of carbonyl (C=O) groups is 4. The molecule has 0 aromatic heterocycles. The summed E-state index contributed by atoms with van der Waals surface area (Å²) in [5.74, 6) is 0.569. The highest BCUT2D eigenvalue weighted by molar-refractivity contribution is 6.02. The summed E-state index contributed by atoms with van der Waals surface area (Å²) in [5.41, 5.74) is 2.56. The molecular weight excluding hydrogens is 636 g/mol. The van der Waals surface area contributed by atoms with E-state index in [2.05, 4.69) is 10.6 Å². The number of likely N-dealkylation sites (tertiary alicyclic amines) is 1. The summed E-state index contributed by atoms with van der Waals surface area (Å²) >= 11 is 0. The predicted octanol–water partition coefficient (Wildman–Crippen LogP) is 4.87. The van der Waals surface area contributed by atoms with E-state index in [4.69, 9.17) is 14.2 Å². The molecule has 1 aliphatic carbocycles. The second-order valence-electron chi connectivity index (χ2n) is 14.3. The van der Waals surface area contributed by atoms with Crippen molar-refractivity contribution >= 4 is 23.6 Å². The summed E-state index contributed by atoms with van der Waals surface area (Å²) in [5, 5.41) is 6.17. The van der Waals surface area contributed by atoms with Gasteiger partial charge in [-0.25, -0.2) is 0 Å². The molecule has 262 valence electrons. The lowest BCUT2D eigenvalue weighted by Gasteiger charge is -2.39. The maximum absolute atomic E-state index is 14.2. The summed E-state index contributed by atoms with van der Waals surface area (Å²) in [6, 6.07) is 17.2. The van der Waals surface area contributed by atoms with Crippen LogP contribution in [0.2, 0.25) is 0 Å². The summed E-state index contributed by atoms with van der Waals surface area (Å²) in [6.45, 7) is 7.32. The van der Waals surface area contributed by atoms with Gasteiger partial charge >= 0.3 is 0 Å². The number of rotatable bonds is 5. The van der Waals surface area contributed by atoms with Gasteiger partial charge in [0.05, 0.1) is 25.4 Å². The van der Waals surface area contributed by atoms with Crippen molar-refractivity contribution in [3.63, 3.8) is 0 Å². The lowest BCUT2D eigenvalue weighted by Crippen LogP contribution is -2.58. The molecule has 0 spiro atoms. The molecule has 7 rings (SSSR count). The summed E-state index contributed by atoms with van der Waals surface area (Å²) < 4.78 is 18.3. The van der Waals surface area contributed by atoms with Crippen molar-refractivity contribution in [3.8, 4) is 17.2 Å². The zero-order valence-corrected chi connectivity index (χ0v) is 28.8. The van der Waals surface area contributed by atoms with Gasteiger partial charge in [0, 0.05) is 47.8 Å². The summed E-state index contributed by atoms with van der Waals surface area (Å²) in [6.07, 6.45) is 3.21. The number of nitrogens with zero attached hydrogens (tertiary/aromatic N) is 2. The van der Waals surface area contributed by atoms with Gasteiger partial charge in [-0.15, -0.1) is 0 Å². The Balaban J connectivity index is 1.18. The summed E-state index contributed by atoms with van der Waals surface area (Å²) in [7, 11) is 0. The highest BCUT2D eigenvalue weighted by Crippen LogP contribution is 2.32. The van der Waals surface area contributed by atoms with Crippen molar-refractivity contribution < 1.29 is 33.4 Å². The molecule has 4 aliphatic rings. The van der Waals surface area contributed by atoms with E-state index in [0.29, 0.717) is 42.2 Å². The number of nitrogens with one attached hydrogen (secondary N) is 2. The quantitative estimate of drug-likeness (QED) is 0.394. The van der Waals surface area contributed by atoms with Gasteiger partial charge < -0.3 is 34.6 Å². The maximum Gasteiger partial charge on any atom is 0.254 e. The lowest BCUT2D eigenvalue weighted by molar-refractivity contribution is -0.125. The van der Waals surface area contributed by atoms with Crippen molar-refractivity contribution in [1.82, 2.24) is 20.4 Å². The van der Waals surface area contributed by atoms with Gasteiger partial charge in [0.15, 0.2) is 0 Å². The van der Waals surface area contributed by atoms with Crippen LogP contribution in [0.15, 0.2) is 60.7 Å². The van der Waals surface area contributed by atoms with E-state index in [9.17, 15) is 19.2 Å². The van der Waals surface area contributed by atoms with Gasteiger partial charge in [-0.05, 0) is 99.2 Å². The Morgan fingerprint density at radius 3 is 2.62 bits per heavy atom. The standard InChI is InChI=1S/C39H44N4O7/c1-4-39(2,3)41-36(45)27-18-28-20-31(19-27)50-30-7-5-6-24(16-30)23-49-34-12-14-42(37(46)26-8-11-33-25(17-26)13-15-48-33)21-32(34)40-35(44)22-43(38(28)47)29-9-10-29/h5-8,11,16-20,29,32,34H,4,9-10,12-15,21-23H2,1-3H3,(H,40,44)(H,41,45)/t32-,34+/m1/s1. The van der Waals surface area contributed by atoms with Crippen LogP contribution in [0.25, 0.3) is 0 Å². The molecule has 50 heavy (non-hydrogen) atoms. The number of hydrogen-bond donors (Lipinski definition) is 2. The smallest absolute Gasteiger partial charge is 0.254 e. The predicted molar refractivity (Wildman–Crippen MR) is 186 cm³/mol. The largest absolute Gasteiger partial charge is 0.493 e. The van der Waals surface area contributed by atoms with Crippen LogP contribution < -0.4 is 20.1 Å². The maximum atomic E-state index is 14.2. The van der Waals surface area contributed by atoms with Crippen molar-refractivity contribution in [2.24, 2.45) is 0 Å². The molecule has 3 aromatic carbocycles. The van der Waals surface area contributed by atoms with Crippen molar-refractivity contribution in [2.45, 2.75) is 83.2 Å². The molecular formula is C39H44N4O7. The fraction of sp³-hybridized carbons (Fsp3) is 0.436. The van der Waals surface area contributed by atoms with Gasteiger partial charge in [0.25, 0.3) is 17.7 Å². The third-order valence-electron chi connectivity index (χ3n) is 10.0. The third-order valence-corrected chi connectivity index (χ3v) is 10.0. The zero-order valence-electron chi connectivity index (χ0n) is 28.8. The van der Waals surface area contributed by atoms with E-state index in [-0.39, 0.29) is 61.0 Å². The Morgan fingerprint density at radius 1 is 0.980 bits per heavy atom. The molecule has 3 aliphatic heterocycles. The Bertz CT molecular complexity index is 1820. The first-order valence-electron chi connectivity index (χ1n) is 17.6. The normalized spacial score (nSPS) is 20.9. The Hall–Kier alpha value is -4.90. The number of amides is 4. The number of carbonyl (C=O) groups excluding carboxylic acids is 4. The van der Waals surface area contributed by atoms with Crippen LogP contribution in [0, 0.1) is 0 Å². The fourth-order valence-corrected chi connectivity index (χ4v) is 6.70. The first-order chi connectivity index (χ1) is 24.0. The van der Waals surface area contributed by atoms with E-state index in [1.165, 1.54) is 0 Å². The SMILES string of the molecule is CCC(C)(C)NC(=O)c1cc2cc(c1)C(=O)N(C1CC1)CC(=O)N[C@@H]1CN(C(=O)c3ccc4c(c3)CCO4)CC[C@@H]1OCc1cccc(c1)O2. The van der Waals surface area contributed by atoms with Crippen molar-refractivity contribution in [3.05, 3.63) is 88.5 Å². The van der Waals surface area contributed by atoms with Gasteiger partial charge in [0.2, 0.25) is 5.91 Å². The first kappa shape index (κ1) is 33.6. The molecule has 1 saturated carbocycles. The molecule has 4 bridgehead atoms. The van der Waals surface area contributed by atoms with Crippen molar-refractivity contribution in [1.29, 1.82) is 0 Å². The highest BCUT2D eigenvalue weighted by atomic mass is 16.5. The van der Waals surface area contributed by atoms with Crippen LogP contribution in [-0.2, 0) is 22.6 Å². The number of piperidine rings is 1. The Morgan fingerprint density at radius 2 is 1.82 bits per heavy atom. The van der Waals surface area contributed by atoms with E-state index in [1.54, 1.807) is 34.1 Å². The number of benzene rings is 3. The molecule has 4 amide bonds. The molecule has 3 heterocycles. The average molecular weight is 681 g/mol. The van der Waals surface area contributed by atoms with E-state index >= 15 is 0 Å². The highest BCUT2D eigenvalue weighted by Gasteiger charge is 2.38. The van der Waals surface area contributed by atoms with Gasteiger partial charge in [-0.3, -0.25) is 19.2 Å². The van der Waals surface area contributed by atoms with E-state index < -0.39 is 11.6 Å². The molecule has 2 atom stereocenters. The van der Waals surface area contributed by atoms with Crippen LogP contribution in [0.4, 0.5) is 0 Å². The molecule has 11 nitrogen and oxygen atoms in total. The van der Waals surface area contributed by atoms with Gasteiger partial charge in [-0.1, -0.05) is 19.1 Å². The van der Waals surface area contributed by atoms with Crippen LogP contribution in [-0.4, -0.2) is 83.4 Å². The minimum absolute atomic E-state index is 0.0926. The minimum atomic E-state index is -0.498. The zero-order chi connectivity index (χ0) is 35.0. The molecule has 0 radical (unpaired) electrons. The number of ether oxygens (including phenoxy) is 3. The second-order valence-corrected chi connectivity index (χ2v) is 14.3. The Labute approximate surface area is 292 Å². The van der Waals surface area contributed by atoms with Crippen molar-refractivity contribution in [2.75, 3.05) is 26.2 Å². The third kappa shape index (κ3) is 7.47. The second kappa shape index (κ2) is 13.8. The van der Waals surface area contributed by atoms with E-state index in [0.717, 1.165) is 42.6 Å². The Kier molecular flexibility index (Phi) is 9.26. The van der Waals surface area contributed by atoms with Crippen LogP contribution in [0.1, 0.15) is 88.7 Å². The lowest BCUT2D eigenvalue weighted by atomic mass is 9.99. The molecule has 1 saturated heterocycles. The molecule has 0 unspecified atom stereocenters. The van der Waals surface area contributed by atoms with Gasteiger partial charge in [-0.2, -0.15) is 0 Å². The van der Waals surface area contributed by atoms with E-state index in [1.807, 2.05) is 57.2 Å². The molecule has 2 fully saturated rings. The molecule has 3 aromatic rings. The monoisotopic (exact) mass is 680 g/mol. The van der Waals surface area contributed by atoms with Gasteiger partial charge in [0.1, 0.15) is 23.8 Å². The number of fused-ring (bicyclic) bond motifs is 6. The number of hydrogen-bond acceptors (Lipinski definition) is 7. The van der Waals surface area contributed by atoms with Crippen LogP contribution in [0.5, 0.6) is 17.2 Å². The average Bonchev–Trinajstić information content (AvgIpc) is 3.84. The topological polar surface area (TPSA) is 127 Å². The minimum Gasteiger partial charge on any atom is -0.493 e. The fourth-order valence-electron chi connectivity index (χ4n) is 6.70.